The standard InChI is InChI=1S/C20H22ClF3N6O2/c1-29(7-8-31)18-6-5-14(11-25-18)27-19(32)26-12-16-10-17(20(22,23)24)28-30(16)15-4-2-3-13(21)9-15/h2-6,9,11,16,31H,7-8,10,12H2,1H3,(H2,26,27,32). The SMILES string of the molecule is CN(CCO)c1ccc(NC(=O)NCC2CC(C(F)(F)F)=NN2c2cccc(Cl)c2)cn1. The Balaban J connectivity index is 1.62. The van der Waals surface area contributed by atoms with Crippen molar-refractivity contribution in [1.29, 1.82) is 0 Å². The number of aliphatic hydroxyl groups is 1. The zero-order valence-corrected chi connectivity index (χ0v) is 17.9. The largest absolute Gasteiger partial charge is 0.431 e. The molecule has 3 rings (SSSR count). The molecule has 12 heteroatoms. The highest BCUT2D eigenvalue weighted by atomic mass is 35.5. The van der Waals surface area contributed by atoms with Crippen LogP contribution in [0.5, 0.6) is 0 Å². The first-order valence-corrected chi connectivity index (χ1v) is 10.1. The molecule has 0 fully saturated rings. The Morgan fingerprint density at radius 3 is 2.75 bits per heavy atom. The number of aliphatic hydroxyl groups excluding tert-OH is 1. The number of hydrogen-bond donors (Lipinski definition) is 3. The third kappa shape index (κ3) is 6.01. The summed E-state index contributed by atoms with van der Waals surface area (Å²) in [5, 5.41) is 19.4. The van der Waals surface area contributed by atoms with Crippen molar-refractivity contribution in [3.8, 4) is 0 Å². The van der Waals surface area contributed by atoms with E-state index in [0.717, 1.165) is 0 Å². The van der Waals surface area contributed by atoms with E-state index in [2.05, 4.69) is 20.7 Å². The van der Waals surface area contributed by atoms with E-state index >= 15 is 0 Å². The summed E-state index contributed by atoms with van der Waals surface area (Å²) in [6, 6.07) is 8.32. The maximum atomic E-state index is 13.2. The van der Waals surface area contributed by atoms with Crippen molar-refractivity contribution in [2.75, 3.05) is 42.0 Å². The average Bonchev–Trinajstić information content (AvgIpc) is 3.18. The minimum Gasteiger partial charge on any atom is -0.395 e. The van der Waals surface area contributed by atoms with Gasteiger partial charge in [-0.3, -0.25) is 5.01 Å². The molecule has 2 heterocycles. The Labute approximate surface area is 187 Å². The van der Waals surface area contributed by atoms with Crippen molar-refractivity contribution in [2.45, 2.75) is 18.6 Å². The number of pyridine rings is 1. The van der Waals surface area contributed by atoms with Crippen molar-refractivity contribution in [3.05, 3.63) is 47.6 Å². The molecule has 1 aromatic heterocycles. The number of hydrazone groups is 1. The second kappa shape index (κ2) is 10.0. The molecule has 1 aliphatic heterocycles. The van der Waals surface area contributed by atoms with Crippen LogP contribution in [0.3, 0.4) is 0 Å². The Bertz CT molecular complexity index is 971. The summed E-state index contributed by atoms with van der Waals surface area (Å²) in [5.41, 5.74) is -0.110. The van der Waals surface area contributed by atoms with Crippen LogP contribution in [0.1, 0.15) is 6.42 Å². The maximum absolute atomic E-state index is 13.2. The lowest BCUT2D eigenvalue weighted by Gasteiger charge is -2.24. The summed E-state index contributed by atoms with van der Waals surface area (Å²) in [7, 11) is 1.77. The van der Waals surface area contributed by atoms with E-state index in [4.69, 9.17) is 16.7 Å². The number of urea groups is 1. The second-order valence-corrected chi connectivity index (χ2v) is 7.55. The van der Waals surface area contributed by atoms with Gasteiger partial charge < -0.3 is 20.6 Å². The first kappa shape index (κ1) is 23.6. The minimum atomic E-state index is -4.57. The summed E-state index contributed by atoms with van der Waals surface area (Å²) >= 11 is 5.96. The molecule has 0 saturated heterocycles. The van der Waals surface area contributed by atoms with Crippen molar-refractivity contribution in [1.82, 2.24) is 10.3 Å². The van der Waals surface area contributed by atoms with Gasteiger partial charge >= 0.3 is 12.2 Å². The van der Waals surface area contributed by atoms with Gasteiger partial charge in [-0.25, -0.2) is 9.78 Å². The van der Waals surface area contributed by atoms with Crippen molar-refractivity contribution in [3.63, 3.8) is 0 Å². The third-order valence-electron chi connectivity index (χ3n) is 4.73. The normalized spacial score (nSPS) is 16.0. The summed E-state index contributed by atoms with van der Waals surface area (Å²) in [6.45, 7) is 0.312. The van der Waals surface area contributed by atoms with Gasteiger partial charge in [-0.05, 0) is 30.3 Å². The fourth-order valence-electron chi connectivity index (χ4n) is 3.12. The molecule has 3 N–H and O–H groups in total. The van der Waals surface area contributed by atoms with E-state index in [0.29, 0.717) is 28.8 Å². The van der Waals surface area contributed by atoms with Crippen LogP contribution in [0, 0.1) is 0 Å². The third-order valence-corrected chi connectivity index (χ3v) is 4.97. The number of rotatable bonds is 7. The first-order valence-electron chi connectivity index (χ1n) is 9.69. The van der Waals surface area contributed by atoms with Gasteiger partial charge in [0.15, 0.2) is 0 Å². The molecule has 0 aliphatic carbocycles. The average molecular weight is 471 g/mol. The monoisotopic (exact) mass is 470 g/mol. The lowest BCUT2D eigenvalue weighted by atomic mass is 10.1. The fourth-order valence-corrected chi connectivity index (χ4v) is 3.30. The van der Waals surface area contributed by atoms with E-state index < -0.39 is 24.0 Å². The summed E-state index contributed by atoms with van der Waals surface area (Å²) in [4.78, 5) is 18.2. The minimum absolute atomic E-state index is 0.0201. The zero-order chi connectivity index (χ0) is 23.3. The lowest BCUT2D eigenvalue weighted by molar-refractivity contribution is -0.0600. The molecule has 2 amide bonds. The van der Waals surface area contributed by atoms with Crippen molar-refractivity contribution >= 4 is 40.5 Å². The van der Waals surface area contributed by atoms with Crippen molar-refractivity contribution < 1.29 is 23.1 Å². The second-order valence-electron chi connectivity index (χ2n) is 7.11. The molecule has 1 aliphatic rings. The predicted octanol–water partition coefficient (Wildman–Crippen LogP) is 3.48. The van der Waals surface area contributed by atoms with Gasteiger partial charge in [-0.2, -0.15) is 18.3 Å². The van der Waals surface area contributed by atoms with Gasteiger partial charge in [0.25, 0.3) is 0 Å². The number of carbonyl (C=O) groups is 1. The van der Waals surface area contributed by atoms with Crippen LogP contribution in [-0.4, -0.2) is 60.8 Å². The Kier molecular flexibility index (Phi) is 7.41. The fraction of sp³-hybridized carbons (Fsp3) is 0.350. The Morgan fingerprint density at radius 2 is 2.12 bits per heavy atom. The van der Waals surface area contributed by atoms with Gasteiger partial charge in [0.2, 0.25) is 0 Å². The van der Waals surface area contributed by atoms with Gasteiger partial charge in [-0.15, -0.1) is 0 Å². The molecule has 2 aromatic rings. The van der Waals surface area contributed by atoms with Crippen LogP contribution in [-0.2, 0) is 0 Å². The molecule has 0 bridgehead atoms. The number of nitrogens with zero attached hydrogens (tertiary/aromatic N) is 4. The number of halogens is 4. The van der Waals surface area contributed by atoms with Crippen LogP contribution in [0.25, 0.3) is 0 Å². The molecule has 1 unspecified atom stereocenters. The number of amides is 2. The number of likely N-dealkylation sites (N-methyl/N-ethyl adjacent to an activating group) is 1. The quantitative estimate of drug-likeness (QED) is 0.576. The Hall–Kier alpha value is -3.05. The number of nitrogens with one attached hydrogen (secondary N) is 2. The van der Waals surface area contributed by atoms with Crippen LogP contribution >= 0.6 is 11.6 Å². The van der Waals surface area contributed by atoms with E-state index in [-0.39, 0.29) is 19.6 Å². The number of aromatic nitrogens is 1. The Morgan fingerprint density at radius 1 is 1.34 bits per heavy atom. The smallest absolute Gasteiger partial charge is 0.395 e. The zero-order valence-electron chi connectivity index (χ0n) is 17.1. The molecule has 172 valence electrons. The highest BCUT2D eigenvalue weighted by Gasteiger charge is 2.43. The molecular formula is C20H22ClF3N6O2. The van der Waals surface area contributed by atoms with Gasteiger partial charge in [0, 0.05) is 31.6 Å². The molecule has 32 heavy (non-hydrogen) atoms. The summed E-state index contributed by atoms with van der Waals surface area (Å²) in [6.07, 6.45) is -3.49. The number of alkyl halides is 3. The molecule has 0 radical (unpaired) electrons. The molecule has 8 nitrogen and oxygen atoms in total. The van der Waals surface area contributed by atoms with E-state index in [1.54, 1.807) is 42.3 Å². The van der Waals surface area contributed by atoms with E-state index in [1.807, 2.05) is 0 Å². The molecular weight excluding hydrogens is 449 g/mol. The van der Waals surface area contributed by atoms with Crippen LogP contribution in [0.15, 0.2) is 47.7 Å². The molecule has 1 aromatic carbocycles. The lowest BCUT2D eigenvalue weighted by Crippen LogP contribution is -2.41. The van der Waals surface area contributed by atoms with Crippen molar-refractivity contribution in [2.24, 2.45) is 5.10 Å². The summed E-state index contributed by atoms with van der Waals surface area (Å²) < 4.78 is 39.7. The number of anilines is 3. The summed E-state index contributed by atoms with van der Waals surface area (Å²) in [5.74, 6) is 0.616. The van der Waals surface area contributed by atoms with Crippen LogP contribution in [0.2, 0.25) is 5.02 Å². The van der Waals surface area contributed by atoms with Gasteiger partial charge in [-0.1, -0.05) is 17.7 Å². The first-order chi connectivity index (χ1) is 15.2. The van der Waals surface area contributed by atoms with Gasteiger partial charge in [0.05, 0.1) is 30.2 Å². The molecule has 0 spiro atoms. The number of benzene rings is 1. The predicted molar refractivity (Wildman–Crippen MR) is 117 cm³/mol. The van der Waals surface area contributed by atoms with Crippen LogP contribution < -0.4 is 20.5 Å². The van der Waals surface area contributed by atoms with E-state index in [1.165, 1.54) is 17.3 Å². The number of carbonyl (C=O) groups excluding carboxylic acids is 1. The molecule has 0 saturated carbocycles. The highest BCUT2D eigenvalue weighted by Crippen LogP contribution is 2.32. The topological polar surface area (TPSA) is 93.1 Å². The van der Waals surface area contributed by atoms with E-state index in [9.17, 15) is 18.0 Å². The van der Waals surface area contributed by atoms with Gasteiger partial charge in [0.1, 0.15) is 11.5 Å². The van der Waals surface area contributed by atoms with Crippen LogP contribution in [0.4, 0.5) is 35.2 Å². The maximum Gasteiger partial charge on any atom is 0.431 e. The number of hydrogen-bond acceptors (Lipinski definition) is 6. The highest BCUT2D eigenvalue weighted by molar-refractivity contribution is 6.30. The molecule has 1 atom stereocenters.